The van der Waals surface area contributed by atoms with E-state index in [-0.39, 0.29) is 21.0 Å². The molecule has 0 amide bonds. The van der Waals surface area contributed by atoms with Gasteiger partial charge in [0.1, 0.15) is 17.1 Å². The van der Waals surface area contributed by atoms with Crippen molar-refractivity contribution in [2.45, 2.75) is 4.90 Å². The number of ether oxygens (including phenoxy) is 1. The molecule has 0 saturated heterocycles. The number of sulfonamides is 1. The fourth-order valence-electron chi connectivity index (χ4n) is 1.57. The molecule has 7 nitrogen and oxygen atoms in total. The summed E-state index contributed by atoms with van der Waals surface area (Å²) in [6.45, 7) is 0. The predicted octanol–water partition coefficient (Wildman–Crippen LogP) is 2.80. The third-order valence-corrected chi connectivity index (χ3v) is 4.60. The number of benzene rings is 1. The molecular formula is C13H14Cl2N4O3S. The van der Waals surface area contributed by atoms with Crippen LogP contribution in [-0.4, -0.2) is 43.5 Å². The van der Waals surface area contributed by atoms with Crippen molar-refractivity contribution in [1.29, 1.82) is 0 Å². The molecule has 0 aliphatic carbocycles. The first-order valence-corrected chi connectivity index (χ1v) is 8.53. The van der Waals surface area contributed by atoms with Gasteiger partial charge in [-0.25, -0.2) is 4.68 Å². The topological polar surface area (TPSA) is 76.8 Å². The average molecular weight is 377 g/mol. The zero-order chi connectivity index (χ0) is 17.2. The zero-order valence-corrected chi connectivity index (χ0v) is 14.9. The summed E-state index contributed by atoms with van der Waals surface area (Å²) in [6, 6.07) is 5.78. The van der Waals surface area contributed by atoms with Gasteiger partial charge >= 0.3 is 0 Å². The van der Waals surface area contributed by atoms with Crippen molar-refractivity contribution in [1.82, 2.24) is 14.7 Å². The molecule has 124 valence electrons. The average Bonchev–Trinajstić information content (AvgIpc) is 2.72. The van der Waals surface area contributed by atoms with Gasteiger partial charge in [0.15, 0.2) is 5.15 Å². The summed E-state index contributed by atoms with van der Waals surface area (Å²) in [5.74, 6) is 0.653. The summed E-state index contributed by atoms with van der Waals surface area (Å²) in [5, 5.41) is 4.22. The third kappa shape index (κ3) is 4.15. The molecule has 0 fully saturated rings. The van der Waals surface area contributed by atoms with Gasteiger partial charge in [-0.2, -0.15) is 13.5 Å². The Balaban J connectivity index is 2.23. The molecule has 0 aliphatic heterocycles. The number of aryl methyl sites for hydroxylation is 1. The predicted molar refractivity (Wildman–Crippen MR) is 89.1 cm³/mol. The summed E-state index contributed by atoms with van der Waals surface area (Å²) in [7, 11) is 1.24. The standard InChI is InChI=1S/C13H14Cl2N4O3S/c1-18(2)8-16-23(20,21)10-6-4-9(5-7-10)22-13-11(14)12(15)17-19(13)3/h4-8H,1-3H3/b16-8+. The summed E-state index contributed by atoms with van der Waals surface area (Å²) < 4.78 is 34.5. The van der Waals surface area contributed by atoms with E-state index in [1.165, 1.54) is 40.2 Å². The van der Waals surface area contributed by atoms with Crippen LogP contribution < -0.4 is 4.74 Å². The number of rotatable bonds is 5. The molecule has 0 atom stereocenters. The van der Waals surface area contributed by atoms with Crippen molar-refractivity contribution >= 4 is 39.6 Å². The number of halogens is 2. The van der Waals surface area contributed by atoms with Crippen LogP contribution in [0.2, 0.25) is 10.2 Å². The number of aromatic nitrogens is 2. The van der Waals surface area contributed by atoms with E-state index in [1.807, 2.05) is 0 Å². The van der Waals surface area contributed by atoms with E-state index >= 15 is 0 Å². The Morgan fingerprint density at radius 3 is 2.35 bits per heavy atom. The molecular weight excluding hydrogens is 363 g/mol. The van der Waals surface area contributed by atoms with Gasteiger partial charge in [0.25, 0.3) is 10.0 Å². The molecule has 1 heterocycles. The Hall–Kier alpha value is -1.77. The quantitative estimate of drug-likeness (QED) is 0.592. The van der Waals surface area contributed by atoms with E-state index in [2.05, 4.69) is 9.50 Å². The molecule has 1 aromatic carbocycles. The van der Waals surface area contributed by atoms with Crippen LogP contribution in [-0.2, 0) is 17.1 Å². The normalized spacial score (nSPS) is 11.9. The Labute approximate surface area is 144 Å². The molecule has 0 bridgehead atoms. The fourth-order valence-corrected chi connectivity index (χ4v) is 2.88. The molecule has 10 heteroatoms. The zero-order valence-electron chi connectivity index (χ0n) is 12.6. The summed E-state index contributed by atoms with van der Waals surface area (Å²) in [4.78, 5) is 1.58. The van der Waals surface area contributed by atoms with Gasteiger partial charge < -0.3 is 9.64 Å². The van der Waals surface area contributed by atoms with Crippen LogP contribution in [0.3, 0.4) is 0 Å². The highest BCUT2D eigenvalue weighted by atomic mass is 35.5. The first kappa shape index (κ1) is 17.6. The summed E-state index contributed by atoms with van der Waals surface area (Å²) in [6.07, 6.45) is 1.22. The smallest absolute Gasteiger partial charge is 0.283 e. The van der Waals surface area contributed by atoms with Crippen molar-refractivity contribution in [2.75, 3.05) is 14.1 Å². The molecule has 0 N–H and O–H groups in total. The lowest BCUT2D eigenvalue weighted by Gasteiger charge is -2.07. The van der Waals surface area contributed by atoms with Crippen molar-refractivity contribution in [3.63, 3.8) is 0 Å². The molecule has 0 saturated carbocycles. The van der Waals surface area contributed by atoms with Crippen LogP contribution in [0.1, 0.15) is 0 Å². The number of hydrogen-bond donors (Lipinski definition) is 0. The first-order chi connectivity index (χ1) is 10.7. The molecule has 1 aromatic heterocycles. The number of hydrogen-bond acceptors (Lipinski definition) is 4. The minimum atomic E-state index is -3.75. The molecule has 0 aliphatic rings. The van der Waals surface area contributed by atoms with Crippen molar-refractivity contribution < 1.29 is 13.2 Å². The van der Waals surface area contributed by atoms with Gasteiger partial charge in [0.05, 0.1) is 4.90 Å². The van der Waals surface area contributed by atoms with Gasteiger partial charge in [-0.15, -0.1) is 4.40 Å². The lowest BCUT2D eigenvalue weighted by Crippen LogP contribution is -2.10. The second-order valence-electron chi connectivity index (χ2n) is 4.77. The minimum absolute atomic E-state index is 0.0529. The summed E-state index contributed by atoms with van der Waals surface area (Å²) >= 11 is 11.8. The van der Waals surface area contributed by atoms with E-state index in [9.17, 15) is 8.42 Å². The van der Waals surface area contributed by atoms with Crippen LogP contribution in [0.4, 0.5) is 0 Å². The number of nitrogens with zero attached hydrogens (tertiary/aromatic N) is 4. The molecule has 0 spiro atoms. The Morgan fingerprint density at radius 1 is 1.26 bits per heavy atom. The molecule has 0 unspecified atom stereocenters. The van der Waals surface area contributed by atoms with Crippen molar-refractivity contribution in [3.05, 3.63) is 34.4 Å². The highest BCUT2D eigenvalue weighted by Crippen LogP contribution is 2.34. The molecule has 0 radical (unpaired) electrons. The van der Waals surface area contributed by atoms with E-state index in [0.29, 0.717) is 5.75 Å². The molecule has 2 rings (SSSR count). The minimum Gasteiger partial charge on any atom is -0.438 e. The second-order valence-corrected chi connectivity index (χ2v) is 7.13. The SMILES string of the molecule is CN(C)/C=N/S(=O)(=O)c1ccc(Oc2c(Cl)c(Cl)nn2C)cc1. The maximum Gasteiger partial charge on any atom is 0.283 e. The molecule has 2 aromatic rings. The van der Waals surface area contributed by atoms with Gasteiger partial charge in [-0.05, 0) is 24.3 Å². The maximum absolute atomic E-state index is 12.0. The largest absolute Gasteiger partial charge is 0.438 e. The van der Waals surface area contributed by atoms with Gasteiger partial charge in [-0.3, -0.25) is 0 Å². The first-order valence-electron chi connectivity index (χ1n) is 6.33. The van der Waals surface area contributed by atoms with Crippen LogP contribution in [0.5, 0.6) is 11.6 Å². The van der Waals surface area contributed by atoms with Gasteiger partial charge in [-0.1, -0.05) is 23.2 Å². The van der Waals surface area contributed by atoms with Crippen LogP contribution in [0, 0.1) is 0 Å². The Bertz CT molecular complexity index is 830. The Kier molecular flexibility index (Phi) is 5.18. The lowest BCUT2D eigenvalue weighted by atomic mass is 10.3. The van der Waals surface area contributed by atoms with Gasteiger partial charge in [0, 0.05) is 21.1 Å². The summed E-state index contributed by atoms with van der Waals surface area (Å²) in [5.41, 5.74) is 0. The van der Waals surface area contributed by atoms with Crippen LogP contribution >= 0.6 is 23.2 Å². The lowest BCUT2D eigenvalue weighted by molar-refractivity contribution is 0.430. The monoisotopic (exact) mass is 376 g/mol. The van der Waals surface area contributed by atoms with E-state index in [0.717, 1.165) is 0 Å². The van der Waals surface area contributed by atoms with E-state index in [1.54, 1.807) is 21.1 Å². The van der Waals surface area contributed by atoms with E-state index in [4.69, 9.17) is 27.9 Å². The van der Waals surface area contributed by atoms with Crippen LogP contribution in [0.25, 0.3) is 0 Å². The van der Waals surface area contributed by atoms with E-state index < -0.39 is 10.0 Å². The van der Waals surface area contributed by atoms with Crippen LogP contribution in [0.15, 0.2) is 33.6 Å². The highest BCUT2D eigenvalue weighted by molar-refractivity contribution is 7.90. The van der Waals surface area contributed by atoms with Crippen molar-refractivity contribution in [3.8, 4) is 11.6 Å². The Morgan fingerprint density at radius 2 is 1.87 bits per heavy atom. The third-order valence-electron chi connectivity index (χ3n) is 2.65. The highest BCUT2D eigenvalue weighted by Gasteiger charge is 2.16. The van der Waals surface area contributed by atoms with Gasteiger partial charge in [0.2, 0.25) is 5.88 Å². The second kappa shape index (κ2) is 6.77. The fraction of sp³-hybridized carbons (Fsp3) is 0.231. The maximum atomic E-state index is 12.0. The van der Waals surface area contributed by atoms with Crippen molar-refractivity contribution in [2.24, 2.45) is 11.4 Å². The molecule has 23 heavy (non-hydrogen) atoms.